The summed E-state index contributed by atoms with van der Waals surface area (Å²) < 4.78 is 0. The predicted molar refractivity (Wildman–Crippen MR) is 144 cm³/mol. The second-order valence-electron chi connectivity index (χ2n) is 9.69. The molecule has 1 heteroatoms. The molecule has 164 valence electrons. The van der Waals surface area contributed by atoms with Gasteiger partial charge in [-0.15, -0.1) is 0 Å². The van der Waals surface area contributed by atoms with Gasteiger partial charge in [-0.05, 0) is 84.6 Å². The minimum Gasteiger partial charge on any atom is -0.0645 e. The van der Waals surface area contributed by atoms with Crippen LogP contribution in [-0.2, 0) is 0 Å². The van der Waals surface area contributed by atoms with E-state index in [9.17, 15) is 0 Å². The standard InChI is InChI=1S/C31H35P/c1-21(2)20-32-30(28-14-12-22(3)16-24(28)5)18-27(26-10-8-7-9-11-26)19-31(32)29-15-13-23(4)17-25(29)6/h7-19,21,30H,20H2,1-6H3. The van der Waals surface area contributed by atoms with Gasteiger partial charge in [-0.3, -0.25) is 0 Å². The van der Waals surface area contributed by atoms with Crippen LogP contribution >= 0.6 is 7.92 Å². The van der Waals surface area contributed by atoms with Crippen molar-refractivity contribution in [2.75, 3.05) is 6.16 Å². The molecule has 0 aromatic heterocycles. The Hall–Kier alpha value is -2.43. The zero-order valence-electron chi connectivity index (χ0n) is 20.3. The molecule has 0 N–H and O–H groups in total. The average Bonchev–Trinajstić information content (AvgIpc) is 2.75. The first-order valence-corrected chi connectivity index (χ1v) is 13.3. The van der Waals surface area contributed by atoms with E-state index in [0.29, 0.717) is 11.6 Å². The average molecular weight is 439 g/mol. The van der Waals surface area contributed by atoms with Gasteiger partial charge in [0.15, 0.2) is 0 Å². The smallest absolute Gasteiger partial charge is 0.0273 e. The van der Waals surface area contributed by atoms with Crippen LogP contribution in [0.25, 0.3) is 10.9 Å². The van der Waals surface area contributed by atoms with Crippen LogP contribution in [-0.4, -0.2) is 6.16 Å². The van der Waals surface area contributed by atoms with Gasteiger partial charge in [0.05, 0.1) is 0 Å². The zero-order valence-corrected chi connectivity index (χ0v) is 21.2. The van der Waals surface area contributed by atoms with Crippen molar-refractivity contribution in [3.8, 4) is 0 Å². The van der Waals surface area contributed by atoms with Gasteiger partial charge in [0, 0.05) is 5.66 Å². The second-order valence-corrected chi connectivity index (χ2v) is 12.0. The normalized spacial score (nSPS) is 18.5. The molecule has 3 aromatic rings. The number of hydrogen-bond acceptors (Lipinski definition) is 0. The fourth-order valence-corrected chi connectivity index (χ4v) is 8.19. The summed E-state index contributed by atoms with van der Waals surface area (Å²) in [5.74, 6) is 0.662. The molecule has 0 bridgehead atoms. The maximum absolute atomic E-state index is 2.56. The highest BCUT2D eigenvalue weighted by Gasteiger charge is 2.31. The van der Waals surface area contributed by atoms with Crippen LogP contribution in [0.1, 0.15) is 58.5 Å². The monoisotopic (exact) mass is 438 g/mol. The Labute approximate surface area is 195 Å². The first-order valence-electron chi connectivity index (χ1n) is 11.7. The molecule has 1 aliphatic heterocycles. The molecule has 0 nitrogen and oxygen atoms in total. The van der Waals surface area contributed by atoms with Gasteiger partial charge in [0.1, 0.15) is 0 Å². The van der Waals surface area contributed by atoms with E-state index in [-0.39, 0.29) is 7.92 Å². The summed E-state index contributed by atoms with van der Waals surface area (Å²) in [6.45, 7) is 13.7. The van der Waals surface area contributed by atoms with Gasteiger partial charge in [-0.1, -0.05) is 106 Å². The van der Waals surface area contributed by atoms with Crippen molar-refractivity contribution in [3.05, 3.63) is 118 Å². The van der Waals surface area contributed by atoms with Crippen LogP contribution in [0, 0.1) is 33.6 Å². The molecule has 0 saturated carbocycles. The van der Waals surface area contributed by atoms with Crippen LogP contribution < -0.4 is 0 Å². The van der Waals surface area contributed by atoms with Crippen LogP contribution in [0.4, 0.5) is 0 Å². The molecule has 0 spiro atoms. The molecule has 0 amide bonds. The summed E-state index contributed by atoms with van der Waals surface area (Å²) in [7, 11) is -0.375. The molecule has 2 atom stereocenters. The Morgan fingerprint density at radius 1 is 0.781 bits per heavy atom. The predicted octanol–water partition coefficient (Wildman–Crippen LogP) is 9.24. The number of allylic oxidation sites excluding steroid dienone is 3. The Kier molecular flexibility index (Phi) is 6.82. The Morgan fingerprint density at radius 3 is 2.06 bits per heavy atom. The van der Waals surface area contributed by atoms with Crippen molar-refractivity contribution >= 4 is 18.8 Å². The van der Waals surface area contributed by atoms with Gasteiger partial charge in [-0.2, -0.15) is 0 Å². The highest BCUT2D eigenvalue weighted by atomic mass is 31.1. The van der Waals surface area contributed by atoms with Gasteiger partial charge < -0.3 is 0 Å². The van der Waals surface area contributed by atoms with Crippen LogP contribution in [0.5, 0.6) is 0 Å². The van der Waals surface area contributed by atoms with Crippen molar-refractivity contribution in [2.24, 2.45) is 5.92 Å². The van der Waals surface area contributed by atoms with E-state index < -0.39 is 0 Å². The molecule has 0 radical (unpaired) electrons. The largest absolute Gasteiger partial charge is 0.0645 e. The molecule has 0 fully saturated rings. The van der Waals surface area contributed by atoms with E-state index in [1.807, 2.05) is 0 Å². The van der Waals surface area contributed by atoms with Crippen molar-refractivity contribution in [2.45, 2.75) is 47.2 Å². The van der Waals surface area contributed by atoms with Gasteiger partial charge in [0.25, 0.3) is 0 Å². The molecule has 4 rings (SSSR count). The Morgan fingerprint density at radius 2 is 1.44 bits per heavy atom. The van der Waals surface area contributed by atoms with Crippen LogP contribution in [0.2, 0.25) is 0 Å². The molecule has 0 aliphatic carbocycles. The summed E-state index contributed by atoms with van der Waals surface area (Å²) in [6, 6.07) is 24.9. The van der Waals surface area contributed by atoms with Crippen LogP contribution in [0.15, 0.2) is 78.9 Å². The SMILES string of the molecule is Cc1ccc(C2=CC(c3ccccc3)=CC(c3ccc(C)cc3C)P2CC(C)C)c(C)c1. The van der Waals surface area contributed by atoms with Gasteiger partial charge in [0.2, 0.25) is 0 Å². The van der Waals surface area contributed by atoms with Crippen molar-refractivity contribution in [3.63, 3.8) is 0 Å². The van der Waals surface area contributed by atoms with E-state index in [1.54, 1.807) is 5.31 Å². The van der Waals surface area contributed by atoms with Gasteiger partial charge >= 0.3 is 0 Å². The summed E-state index contributed by atoms with van der Waals surface area (Å²) >= 11 is 0. The van der Waals surface area contributed by atoms with E-state index in [2.05, 4.69) is 120 Å². The Balaban J connectivity index is 1.94. The highest BCUT2D eigenvalue weighted by Crippen LogP contribution is 2.66. The lowest BCUT2D eigenvalue weighted by molar-refractivity contribution is 0.743. The number of aryl methyl sites for hydroxylation is 4. The van der Waals surface area contributed by atoms with Crippen molar-refractivity contribution < 1.29 is 0 Å². The third kappa shape index (κ3) is 4.82. The summed E-state index contributed by atoms with van der Waals surface area (Å²) in [6.07, 6.45) is 6.31. The van der Waals surface area contributed by atoms with Crippen molar-refractivity contribution in [1.82, 2.24) is 0 Å². The molecule has 2 unspecified atom stereocenters. The maximum Gasteiger partial charge on any atom is 0.0273 e. The minimum absolute atomic E-state index is 0.375. The number of hydrogen-bond donors (Lipinski definition) is 0. The first kappa shape index (κ1) is 22.8. The fraction of sp³-hybridized carbons (Fsp3) is 0.290. The highest BCUT2D eigenvalue weighted by molar-refractivity contribution is 7.69. The third-order valence-corrected chi connectivity index (χ3v) is 9.56. The maximum atomic E-state index is 2.56. The number of rotatable bonds is 5. The summed E-state index contributed by atoms with van der Waals surface area (Å²) in [5, 5.41) is 1.55. The van der Waals surface area contributed by atoms with E-state index in [4.69, 9.17) is 0 Å². The van der Waals surface area contributed by atoms with Crippen molar-refractivity contribution in [1.29, 1.82) is 0 Å². The molecule has 1 heterocycles. The molecule has 32 heavy (non-hydrogen) atoms. The first-order chi connectivity index (χ1) is 15.3. The molecular weight excluding hydrogens is 403 g/mol. The molecule has 3 aromatic carbocycles. The lowest BCUT2D eigenvalue weighted by Gasteiger charge is -2.35. The van der Waals surface area contributed by atoms with E-state index in [1.165, 1.54) is 50.7 Å². The lowest BCUT2D eigenvalue weighted by atomic mass is 9.96. The van der Waals surface area contributed by atoms with Gasteiger partial charge in [-0.25, -0.2) is 0 Å². The zero-order chi connectivity index (χ0) is 22.8. The minimum atomic E-state index is -0.375. The van der Waals surface area contributed by atoms with Crippen LogP contribution in [0.3, 0.4) is 0 Å². The lowest BCUT2D eigenvalue weighted by Crippen LogP contribution is -2.09. The second kappa shape index (κ2) is 9.60. The number of benzene rings is 3. The quantitative estimate of drug-likeness (QED) is 0.348. The molecule has 1 aliphatic rings. The summed E-state index contributed by atoms with van der Waals surface area (Å²) in [4.78, 5) is 0. The summed E-state index contributed by atoms with van der Waals surface area (Å²) in [5.41, 5.74) is 11.5. The van der Waals surface area contributed by atoms with E-state index >= 15 is 0 Å². The molecular formula is C31H35P. The third-order valence-electron chi connectivity index (χ3n) is 6.35. The topological polar surface area (TPSA) is 0 Å². The Bertz CT molecular complexity index is 1160. The van der Waals surface area contributed by atoms with E-state index in [0.717, 1.165) is 0 Å². The molecule has 0 saturated heterocycles. The fourth-order valence-electron chi connectivity index (χ4n) is 4.85.